The maximum atomic E-state index is 12.5. The molecule has 0 saturated carbocycles. The van der Waals surface area contributed by atoms with Gasteiger partial charge in [-0.1, -0.05) is 18.2 Å². The predicted octanol–water partition coefficient (Wildman–Crippen LogP) is 1.47. The highest BCUT2D eigenvalue weighted by molar-refractivity contribution is 7.89. The Hall–Kier alpha value is -2.12. The van der Waals surface area contributed by atoms with E-state index in [1.54, 1.807) is 6.07 Å². The molecule has 0 saturated heterocycles. The molecule has 0 radical (unpaired) electrons. The first-order valence-electron chi connectivity index (χ1n) is 6.52. The van der Waals surface area contributed by atoms with Crippen molar-refractivity contribution in [1.29, 1.82) is 0 Å². The number of nitrogens with two attached hydrogens (primary N) is 1. The van der Waals surface area contributed by atoms with Gasteiger partial charge in [-0.05, 0) is 18.2 Å². The first kappa shape index (κ1) is 13.8. The van der Waals surface area contributed by atoms with Gasteiger partial charge >= 0.3 is 0 Å². The highest BCUT2D eigenvalue weighted by atomic mass is 32.2. The molecule has 2 heterocycles. The number of aromatic nitrogens is 1. The number of sulfonamides is 1. The third-order valence-electron chi connectivity index (χ3n) is 3.35. The number of pyridine rings is 1. The summed E-state index contributed by atoms with van der Waals surface area (Å²) in [5, 5.41) is 0. The minimum Gasteiger partial charge on any atom is -0.493 e. The van der Waals surface area contributed by atoms with Gasteiger partial charge in [0.15, 0.2) is 0 Å². The van der Waals surface area contributed by atoms with Crippen molar-refractivity contribution >= 4 is 15.8 Å². The highest BCUT2D eigenvalue weighted by Gasteiger charge is 2.27. The molecular weight excluding hydrogens is 290 g/mol. The number of benzene rings is 1. The first-order valence-corrected chi connectivity index (χ1v) is 8.01. The summed E-state index contributed by atoms with van der Waals surface area (Å²) in [5.41, 5.74) is 6.48. The van der Waals surface area contributed by atoms with Crippen molar-refractivity contribution in [2.24, 2.45) is 0 Å². The number of nitrogens with zero attached hydrogens (tertiary/aromatic N) is 1. The molecule has 1 atom stereocenters. The van der Waals surface area contributed by atoms with Crippen molar-refractivity contribution in [2.45, 2.75) is 17.4 Å². The van der Waals surface area contributed by atoms with Crippen LogP contribution in [-0.2, 0) is 10.0 Å². The Kier molecular flexibility index (Phi) is 3.52. The molecule has 21 heavy (non-hydrogen) atoms. The van der Waals surface area contributed by atoms with Crippen LogP contribution in [-0.4, -0.2) is 20.0 Å². The fourth-order valence-electron chi connectivity index (χ4n) is 2.35. The van der Waals surface area contributed by atoms with E-state index >= 15 is 0 Å². The number of rotatable bonds is 3. The third kappa shape index (κ3) is 2.70. The normalized spacial score (nSPS) is 17.8. The highest BCUT2D eigenvalue weighted by Crippen LogP contribution is 2.32. The Morgan fingerprint density at radius 2 is 2.05 bits per heavy atom. The molecule has 1 aliphatic rings. The predicted molar refractivity (Wildman–Crippen MR) is 78.3 cm³/mol. The van der Waals surface area contributed by atoms with Crippen molar-refractivity contribution in [1.82, 2.24) is 9.71 Å². The van der Waals surface area contributed by atoms with Crippen molar-refractivity contribution in [2.75, 3.05) is 12.3 Å². The van der Waals surface area contributed by atoms with Crippen LogP contribution < -0.4 is 15.2 Å². The zero-order valence-electron chi connectivity index (χ0n) is 11.2. The van der Waals surface area contributed by atoms with Crippen LogP contribution in [0.15, 0.2) is 47.5 Å². The van der Waals surface area contributed by atoms with Crippen molar-refractivity contribution in [3.8, 4) is 5.75 Å². The van der Waals surface area contributed by atoms with Gasteiger partial charge in [-0.2, -0.15) is 0 Å². The fourth-order valence-corrected chi connectivity index (χ4v) is 3.68. The largest absolute Gasteiger partial charge is 0.493 e. The first-order chi connectivity index (χ1) is 10.1. The van der Waals surface area contributed by atoms with Crippen LogP contribution in [0.2, 0.25) is 0 Å². The average Bonchev–Trinajstić information content (AvgIpc) is 2.47. The van der Waals surface area contributed by atoms with Crippen LogP contribution in [0.5, 0.6) is 5.75 Å². The van der Waals surface area contributed by atoms with E-state index < -0.39 is 10.0 Å². The molecule has 0 fully saturated rings. The summed E-state index contributed by atoms with van der Waals surface area (Å²) >= 11 is 0. The molecule has 1 aromatic heterocycles. The molecule has 0 aliphatic carbocycles. The second-order valence-corrected chi connectivity index (χ2v) is 6.42. The molecular formula is C14H15N3O3S. The molecule has 0 spiro atoms. The molecule has 7 heteroatoms. The molecule has 3 rings (SSSR count). The van der Waals surface area contributed by atoms with Gasteiger partial charge in [0.2, 0.25) is 10.0 Å². The summed E-state index contributed by atoms with van der Waals surface area (Å²) in [6.07, 6.45) is 2.02. The molecule has 1 aromatic carbocycles. The lowest BCUT2D eigenvalue weighted by atomic mass is 10.0. The van der Waals surface area contributed by atoms with Gasteiger partial charge in [0.1, 0.15) is 16.5 Å². The topological polar surface area (TPSA) is 94.3 Å². The maximum Gasteiger partial charge on any atom is 0.244 e. The Morgan fingerprint density at radius 1 is 1.24 bits per heavy atom. The second-order valence-electron chi connectivity index (χ2n) is 4.74. The van der Waals surface area contributed by atoms with Gasteiger partial charge in [-0.3, -0.25) is 0 Å². The van der Waals surface area contributed by atoms with Gasteiger partial charge in [0, 0.05) is 18.2 Å². The van der Waals surface area contributed by atoms with Crippen LogP contribution in [0.4, 0.5) is 5.82 Å². The smallest absolute Gasteiger partial charge is 0.244 e. The monoisotopic (exact) mass is 305 g/mol. The third-order valence-corrected chi connectivity index (χ3v) is 4.86. The number of hydrogen-bond acceptors (Lipinski definition) is 5. The van der Waals surface area contributed by atoms with Crippen LogP contribution in [0.25, 0.3) is 0 Å². The maximum absolute atomic E-state index is 12.5. The van der Waals surface area contributed by atoms with E-state index in [1.807, 2.05) is 24.3 Å². The minimum atomic E-state index is -3.73. The molecule has 6 nitrogen and oxygen atoms in total. The van der Waals surface area contributed by atoms with Crippen molar-refractivity contribution < 1.29 is 13.2 Å². The number of para-hydroxylation sites is 1. The van der Waals surface area contributed by atoms with E-state index in [0.717, 1.165) is 5.56 Å². The van der Waals surface area contributed by atoms with Gasteiger partial charge in [-0.25, -0.2) is 18.1 Å². The SMILES string of the molecule is Nc1ncccc1S(=O)(=O)NC1CCOc2ccccc21. The Morgan fingerprint density at radius 3 is 2.86 bits per heavy atom. The molecule has 110 valence electrons. The zero-order valence-corrected chi connectivity index (χ0v) is 12.0. The fraction of sp³-hybridized carbons (Fsp3) is 0.214. The lowest BCUT2D eigenvalue weighted by Crippen LogP contribution is -2.32. The number of ether oxygens (including phenoxy) is 1. The van der Waals surface area contributed by atoms with Gasteiger partial charge in [0.05, 0.1) is 12.6 Å². The summed E-state index contributed by atoms with van der Waals surface area (Å²) in [7, 11) is -3.73. The van der Waals surface area contributed by atoms with Gasteiger partial charge < -0.3 is 10.5 Å². The van der Waals surface area contributed by atoms with E-state index in [-0.39, 0.29) is 16.8 Å². The van der Waals surface area contributed by atoms with E-state index in [4.69, 9.17) is 10.5 Å². The van der Waals surface area contributed by atoms with Crippen LogP contribution in [0.3, 0.4) is 0 Å². The Labute approximate surface area is 123 Å². The van der Waals surface area contributed by atoms with Gasteiger partial charge in [-0.15, -0.1) is 0 Å². The molecule has 0 bridgehead atoms. The number of nitrogen functional groups attached to an aromatic ring is 1. The van der Waals surface area contributed by atoms with E-state index in [1.165, 1.54) is 12.3 Å². The lowest BCUT2D eigenvalue weighted by Gasteiger charge is -2.26. The summed E-state index contributed by atoms with van der Waals surface area (Å²) in [6.45, 7) is 0.465. The summed E-state index contributed by atoms with van der Waals surface area (Å²) in [4.78, 5) is 3.81. The Bertz CT molecular complexity index is 762. The van der Waals surface area contributed by atoms with Crippen LogP contribution >= 0.6 is 0 Å². The van der Waals surface area contributed by atoms with Crippen LogP contribution in [0.1, 0.15) is 18.0 Å². The quantitative estimate of drug-likeness (QED) is 0.895. The number of hydrogen-bond donors (Lipinski definition) is 2. The number of fused-ring (bicyclic) bond motifs is 1. The van der Waals surface area contributed by atoms with E-state index in [2.05, 4.69) is 9.71 Å². The molecule has 1 aliphatic heterocycles. The molecule has 2 aromatic rings. The average molecular weight is 305 g/mol. The number of anilines is 1. The van der Waals surface area contributed by atoms with E-state index in [9.17, 15) is 8.42 Å². The lowest BCUT2D eigenvalue weighted by molar-refractivity contribution is 0.263. The van der Waals surface area contributed by atoms with Crippen molar-refractivity contribution in [3.05, 3.63) is 48.2 Å². The molecule has 1 unspecified atom stereocenters. The number of nitrogens with one attached hydrogen (secondary N) is 1. The van der Waals surface area contributed by atoms with Crippen LogP contribution in [0, 0.1) is 0 Å². The summed E-state index contributed by atoms with van der Waals surface area (Å²) in [5.74, 6) is 0.695. The summed E-state index contributed by atoms with van der Waals surface area (Å²) in [6, 6.07) is 10.0. The zero-order chi connectivity index (χ0) is 14.9. The minimum absolute atomic E-state index is 0.00558. The van der Waals surface area contributed by atoms with Gasteiger partial charge in [0.25, 0.3) is 0 Å². The molecule has 0 amide bonds. The Balaban J connectivity index is 1.93. The molecule has 3 N–H and O–H groups in total. The standard InChI is InChI=1S/C14H15N3O3S/c15-14-13(6-3-8-16-14)21(18,19)17-11-7-9-20-12-5-2-1-4-10(11)12/h1-6,8,11,17H,7,9H2,(H2,15,16). The van der Waals surface area contributed by atoms with Crippen molar-refractivity contribution in [3.63, 3.8) is 0 Å². The second kappa shape index (κ2) is 5.34. The summed E-state index contributed by atoms with van der Waals surface area (Å²) < 4.78 is 33.1. The van der Waals surface area contributed by atoms with E-state index in [0.29, 0.717) is 18.8 Å².